The number of hydrogen-bond donors (Lipinski definition) is 1. The third kappa shape index (κ3) is 3.78. The molecule has 1 aliphatic rings. The molecule has 1 heterocycles. The molecule has 2 rings (SSSR count). The summed E-state index contributed by atoms with van der Waals surface area (Å²) >= 11 is 0. The Balaban J connectivity index is 1.93. The summed E-state index contributed by atoms with van der Waals surface area (Å²) in [7, 11) is 1.90. The van der Waals surface area contributed by atoms with Crippen molar-refractivity contribution in [3.05, 3.63) is 35.6 Å². The zero-order chi connectivity index (χ0) is 14.5. The summed E-state index contributed by atoms with van der Waals surface area (Å²) in [6.07, 6.45) is 0. The number of rotatable bonds is 5. The Morgan fingerprint density at radius 1 is 1.15 bits per heavy atom. The Morgan fingerprint density at radius 3 is 2.35 bits per heavy atom. The summed E-state index contributed by atoms with van der Waals surface area (Å²) < 4.78 is 13.9. The molecule has 1 fully saturated rings. The highest BCUT2D eigenvalue weighted by Crippen LogP contribution is 2.18. The minimum atomic E-state index is -0.118. The van der Waals surface area contributed by atoms with E-state index in [0.29, 0.717) is 6.04 Å². The van der Waals surface area contributed by atoms with Gasteiger partial charge in [0.25, 0.3) is 0 Å². The molecule has 1 aromatic carbocycles. The molecule has 112 valence electrons. The van der Waals surface area contributed by atoms with Crippen LogP contribution in [0, 0.1) is 5.82 Å². The smallest absolute Gasteiger partial charge is 0.128 e. The van der Waals surface area contributed by atoms with Crippen LogP contribution in [0.25, 0.3) is 0 Å². The van der Waals surface area contributed by atoms with Crippen molar-refractivity contribution >= 4 is 0 Å². The molecule has 0 saturated carbocycles. The van der Waals surface area contributed by atoms with Gasteiger partial charge in [-0.1, -0.05) is 18.2 Å². The normalized spacial score (nSPS) is 19.4. The molecule has 0 bridgehead atoms. The van der Waals surface area contributed by atoms with Gasteiger partial charge in [-0.05, 0) is 27.0 Å². The van der Waals surface area contributed by atoms with Crippen LogP contribution in [-0.4, -0.2) is 55.6 Å². The summed E-state index contributed by atoms with van der Waals surface area (Å²) in [5.41, 5.74) is 0.765. The van der Waals surface area contributed by atoms with Crippen LogP contribution in [0.5, 0.6) is 0 Å². The number of halogens is 1. The van der Waals surface area contributed by atoms with E-state index in [2.05, 4.69) is 29.0 Å². The monoisotopic (exact) mass is 279 g/mol. The first kappa shape index (κ1) is 15.4. The van der Waals surface area contributed by atoms with Crippen molar-refractivity contribution in [1.82, 2.24) is 15.1 Å². The predicted molar refractivity (Wildman–Crippen MR) is 81.3 cm³/mol. The van der Waals surface area contributed by atoms with Crippen molar-refractivity contribution in [1.29, 1.82) is 0 Å². The Morgan fingerprint density at radius 2 is 1.80 bits per heavy atom. The van der Waals surface area contributed by atoms with Crippen LogP contribution in [0.3, 0.4) is 0 Å². The van der Waals surface area contributed by atoms with Gasteiger partial charge < -0.3 is 5.32 Å². The SMILES string of the molecule is CNC(CN1CCN(C(C)C)CC1)c1ccccc1F. The van der Waals surface area contributed by atoms with E-state index in [1.807, 2.05) is 19.2 Å². The van der Waals surface area contributed by atoms with Gasteiger partial charge in [0.1, 0.15) is 5.82 Å². The number of likely N-dealkylation sites (N-methyl/N-ethyl adjacent to an activating group) is 1. The fourth-order valence-electron chi connectivity index (χ4n) is 2.82. The molecule has 0 aromatic heterocycles. The summed E-state index contributed by atoms with van der Waals surface area (Å²) in [4.78, 5) is 4.92. The van der Waals surface area contributed by atoms with Crippen molar-refractivity contribution in [2.24, 2.45) is 0 Å². The standard InChI is InChI=1S/C16H26FN3/c1-13(2)20-10-8-19(9-11-20)12-16(18-3)14-6-4-5-7-15(14)17/h4-7,13,16,18H,8-12H2,1-3H3. The van der Waals surface area contributed by atoms with Gasteiger partial charge in [0.05, 0.1) is 0 Å². The van der Waals surface area contributed by atoms with Gasteiger partial charge >= 0.3 is 0 Å². The molecule has 1 N–H and O–H groups in total. The number of benzene rings is 1. The fraction of sp³-hybridized carbons (Fsp3) is 0.625. The first-order valence-corrected chi connectivity index (χ1v) is 7.50. The molecule has 0 radical (unpaired) electrons. The second-order valence-corrected chi connectivity index (χ2v) is 5.79. The molecule has 0 aliphatic carbocycles. The molecular weight excluding hydrogens is 253 g/mol. The van der Waals surface area contributed by atoms with Crippen LogP contribution >= 0.6 is 0 Å². The lowest BCUT2D eigenvalue weighted by Crippen LogP contribution is -2.50. The molecule has 1 atom stereocenters. The summed E-state index contributed by atoms with van der Waals surface area (Å²) in [6, 6.07) is 7.73. The van der Waals surface area contributed by atoms with Gasteiger partial charge in [0.2, 0.25) is 0 Å². The largest absolute Gasteiger partial charge is 0.312 e. The van der Waals surface area contributed by atoms with Gasteiger partial charge in [-0.25, -0.2) is 4.39 Å². The number of nitrogens with zero attached hydrogens (tertiary/aromatic N) is 2. The van der Waals surface area contributed by atoms with E-state index in [1.165, 1.54) is 6.07 Å². The fourth-order valence-corrected chi connectivity index (χ4v) is 2.82. The summed E-state index contributed by atoms with van der Waals surface area (Å²) in [5, 5.41) is 3.25. The highest BCUT2D eigenvalue weighted by molar-refractivity contribution is 5.21. The highest BCUT2D eigenvalue weighted by atomic mass is 19.1. The molecule has 1 unspecified atom stereocenters. The first-order valence-electron chi connectivity index (χ1n) is 7.50. The van der Waals surface area contributed by atoms with Crippen molar-refractivity contribution in [2.75, 3.05) is 39.8 Å². The molecule has 0 spiro atoms. The number of nitrogens with one attached hydrogen (secondary N) is 1. The van der Waals surface area contributed by atoms with E-state index in [-0.39, 0.29) is 11.9 Å². The van der Waals surface area contributed by atoms with E-state index < -0.39 is 0 Å². The lowest BCUT2D eigenvalue weighted by molar-refractivity contribution is 0.101. The van der Waals surface area contributed by atoms with Crippen LogP contribution in [0.1, 0.15) is 25.5 Å². The Bertz CT molecular complexity index is 414. The second-order valence-electron chi connectivity index (χ2n) is 5.79. The molecule has 0 amide bonds. The van der Waals surface area contributed by atoms with Crippen molar-refractivity contribution in [2.45, 2.75) is 25.9 Å². The van der Waals surface area contributed by atoms with Crippen molar-refractivity contribution < 1.29 is 4.39 Å². The second kappa shape index (κ2) is 7.16. The average molecular weight is 279 g/mol. The van der Waals surface area contributed by atoms with Gasteiger partial charge in [-0.15, -0.1) is 0 Å². The van der Waals surface area contributed by atoms with Gasteiger partial charge in [0.15, 0.2) is 0 Å². The lowest BCUT2D eigenvalue weighted by atomic mass is 10.1. The third-order valence-electron chi connectivity index (χ3n) is 4.21. The van der Waals surface area contributed by atoms with E-state index in [9.17, 15) is 4.39 Å². The van der Waals surface area contributed by atoms with Crippen LogP contribution in [0.15, 0.2) is 24.3 Å². The van der Waals surface area contributed by atoms with Crippen LogP contribution in [-0.2, 0) is 0 Å². The van der Waals surface area contributed by atoms with E-state index in [4.69, 9.17) is 0 Å². The maximum absolute atomic E-state index is 13.9. The lowest BCUT2D eigenvalue weighted by Gasteiger charge is -2.38. The Labute approximate surface area is 121 Å². The Hall–Kier alpha value is -0.970. The van der Waals surface area contributed by atoms with Crippen LogP contribution < -0.4 is 5.32 Å². The first-order chi connectivity index (χ1) is 9.61. The molecule has 1 saturated heterocycles. The van der Waals surface area contributed by atoms with E-state index in [0.717, 1.165) is 38.3 Å². The minimum absolute atomic E-state index is 0.0572. The van der Waals surface area contributed by atoms with Gasteiger partial charge in [0, 0.05) is 50.4 Å². The molecule has 1 aliphatic heterocycles. The number of piperazine rings is 1. The van der Waals surface area contributed by atoms with Crippen molar-refractivity contribution in [3.8, 4) is 0 Å². The van der Waals surface area contributed by atoms with Gasteiger partial charge in [-0.2, -0.15) is 0 Å². The van der Waals surface area contributed by atoms with Crippen molar-refractivity contribution in [3.63, 3.8) is 0 Å². The molecule has 20 heavy (non-hydrogen) atoms. The maximum Gasteiger partial charge on any atom is 0.128 e. The highest BCUT2D eigenvalue weighted by Gasteiger charge is 2.22. The zero-order valence-corrected chi connectivity index (χ0v) is 12.8. The molecule has 1 aromatic rings. The van der Waals surface area contributed by atoms with E-state index in [1.54, 1.807) is 6.07 Å². The van der Waals surface area contributed by atoms with Gasteiger partial charge in [-0.3, -0.25) is 9.80 Å². The van der Waals surface area contributed by atoms with Crippen LogP contribution in [0.2, 0.25) is 0 Å². The van der Waals surface area contributed by atoms with E-state index >= 15 is 0 Å². The molecule has 3 nitrogen and oxygen atoms in total. The number of hydrogen-bond acceptors (Lipinski definition) is 3. The minimum Gasteiger partial charge on any atom is -0.312 e. The quantitative estimate of drug-likeness (QED) is 0.890. The summed E-state index contributed by atoms with van der Waals surface area (Å²) in [5.74, 6) is -0.118. The average Bonchev–Trinajstić information content (AvgIpc) is 2.46. The summed E-state index contributed by atoms with van der Waals surface area (Å²) in [6.45, 7) is 9.67. The van der Waals surface area contributed by atoms with Crippen LogP contribution in [0.4, 0.5) is 4.39 Å². The topological polar surface area (TPSA) is 18.5 Å². The maximum atomic E-state index is 13.9. The third-order valence-corrected chi connectivity index (χ3v) is 4.21. The predicted octanol–water partition coefficient (Wildman–Crippen LogP) is 2.11. The Kier molecular flexibility index (Phi) is 5.52. The zero-order valence-electron chi connectivity index (χ0n) is 12.8. The molecule has 4 heteroatoms. The molecular formula is C16H26FN3.